The molecular formula is C14H18N4O4. The summed E-state index contributed by atoms with van der Waals surface area (Å²) in [5, 5.41) is 17.9. The summed E-state index contributed by atoms with van der Waals surface area (Å²) in [5.41, 5.74) is 13.1. The number of nitrogens with one attached hydrogen (secondary N) is 2. The van der Waals surface area contributed by atoms with Crippen molar-refractivity contribution < 1.29 is 29.8 Å². The molecule has 0 bridgehead atoms. The second-order valence-corrected chi connectivity index (χ2v) is 4.22. The molecule has 0 atom stereocenters. The summed E-state index contributed by atoms with van der Waals surface area (Å²) < 4.78 is 0. The van der Waals surface area contributed by atoms with Crippen molar-refractivity contribution in [2.24, 2.45) is 0 Å². The number of aromatic amines is 2. The first-order valence-electron chi connectivity index (χ1n) is 6.12. The second-order valence-electron chi connectivity index (χ2n) is 4.22. The Hall–Kier alpha value is -3.16. The lowest BCUT2D eigenvalue weighted by molar-refractivity contribution is -0.361. The van der Waals surface area contributed by atoms with E-state index in [1.807, 2.05) is 50.5 Å². The van der Waals surface area contributed by atoms with E-state index in [9.17, 15) is 0 Å². The van der Waals surface area contributed by atoms with Crippen molar-refractivity contribution in [3.05, 3.63) is 47.8 Å². The van der Waals surface area contributed by atoms with E-state index in [0.29, 0.717) is 11.6 Å². The quantitative estimate of drug-likeness (QED) is 0.502. The Balaban J connectivity index is 0.000000306. The van der Waals surface area contributed by atoms with Crippen LogP contribution in [-0.4, -0.2) is 11.9 Å². The number of H-pyrrole nitrogens is 2. The van der Waals surface area contributed by atoms with Crippen LogP contribution in [0.5, 0.6) is 0 Å². The van der Waals surface area contributed by atoms with Gasteiger partial charge in [-0.25, -0.2) is 9.97 Å². The number of anilines is 2. The molecule has 0 saturated carbocycles. The predicted octanol–water partition coefficient (Wildman–Crippen LogP) is -2.73. The molecule has 0 aliphatic heterocycles. The molecule has 0 radical (unpaired) electrons. The summed E-state index contributed by atoms with van der Waals surface area (Å²) in [5.74, 6) is -2.96. The first-order valence-corrected chi connectivity index (χ1v) is 6.12. The molecule has 0 amide bonds. The van der Waals surface area contributed by atoms with Crippen molar-refractivity contribution in [2.45, 2.75) is 13.8 Å². The smallest absolute Gasteiger partial charge is 0.270 e. The maximum Gasteiger partial charge on any atom is 0.270 e. The summed E-state index contributed by atoms with van der Waals surface area (Å²) in [6.07, 6.45) is 3.74. The average Bonchev–Trinajstić information content (AvgIpc) is 2.46. The molecule has 0 unspecified atom stereocenters. The van der Waals surface area contributed by atoms with Crippen molar-refractivity contribution in [3.63, 3.8) is 0 Å². The fraction of sp³-hybridized carbons (Fsp3) is 0.143. The molecule has 2 aromatic heterocycles. The fourth-order valence-electron chi connectivity index (χ4n) is 1.03. The van der Waals surface area contributed by atoms with Gasteiger partial charge in [-0.3, -0.25) is 11.5 Å². The van der Waals surface area contributed by atoms with E-state index in [1.165, 1.54) is 11.1 Å². The van der Waals surface area contributed by atoms with Crippen molar-refractivity contribution in [2.75, 3.05) is 11.5 Å². The Morgan fingerprint density at radius 1 is 0.818 bits per heavy atom. The molecule has 0 aliphatic rings. The maximum absolute atomic E-state index is 8.93. The van der Waals surface area contributed by atoms with Crippen LogP contribution in [0.15, 0.2) is 36.7 Å². The van der Waals surface area contributed by atoms with Gasteiger partial charge < -0.3 is 19.8 Å². The third-order valence-electron chi connectivity index (χ3n) is 2.15. The Morgan fingerprint density at radius 3 is 1.27 bits per heavy atom. The van der Waals surface area contributed by atoms with Gasteiger partial charge in [0, 0.05) is 12.1 Å². The molecule has 0 fully saturated rings. The van der Waals surface area contributed by atoms with E-state index in [4.69, 9.17) is 31.3 Å². The highest BCUT2D eigenvalue weighted by Crippen LogP contribution is 1.92. The van der Waals surface area contributed by atoms with Crippen molar-refractivity contribution in [1.82, 2.24) is 0 Å². The highest BCUT2D eigenvalue weighted by atomic mass is 16.4. The molecule has 0 aliphatic carbocycles. The summed E-state index contributed by atoms with van der Waals surface area (Å²) in [7, 11) is 0. The summed E-state index contributed by atoms with van der Waals surface area (Å²) in [4.78, 5) is 23.6. The largest absolute Gasteiger partial charge is 0.543 e. The second kappa shape index (κ2) is 9.70. The summed E-state index contributed by atoms with van der Waals surface area (Å²) in [6, 6.07) is 7.61. The molecular weight excluding hydrogens is 288 g/mol. The zero-order valence-corrected chi connectivity index (χ0v) is 12.3. The maximum atomic E-state index is 8.93. The van der Waals surface area contributed by atoms with Crippen molar-refractivity contribution >= 4 is 23.6 Å². The topological polar surface area (TPSA) is 161 Å². The van der Waals surface area contributed by atoms with Crippen LogP contribution >= 0.6 is 0 Å². The number of carboxylic acids is 2. The molecule has 22 heavy (non-hydrogen) atoms. The number of pyridine rings is 2. The molecule has 8 heteroatoms. The molecule has 8 nitrogen and oxygen atoms in total. The van der Waals surface area contributed by atoms with Gasteiger partial charge in [-0.15, -0.1) is 0 Å². The highest BCUT2D eigenvalue weighted by molar-refractivity contribution is 6.25. The summed E-state index contributed by atoms with van der Waals surface area (Å²) >= 11 is 0. The number of aliphatic carboxylic acids is 2. The molecule has 6 N–H and O–H groups in total. The van der Waals surface area contributed by atoms with Gasteiger partial charge in [-0.2, -0.15) is 0 Å². The van der Waals surface area contributed by atoms with Crippen LogP contribution in [0, 0.1) is 13.8 Å². The van der Waals surface area contributed by atoms with Gasteiger partial charge in [0.1, 0.15) is 0 Å². The number of aryl methyl sites for hydroxylation is 2. The number of hydrogen-bond donors (Lipinski definition) is 2. The fourth-order valence-corrected chi connectivity index (χ4v) is 1.03. The van der Waals surface area contributed by atoms with E-state index in [0.717, 1.165) is 0 Å². The van der Waals surface area contributed by atoms with Gasteiger partial charge >= 0.3 is 0 Å². The van der Waals surface area contributed by atoms with Gasteiger partial charge in [0.25, 0.3) is 11.6 Å². The van der Waals surface area contributed by atoms with Crippen LogP contribution in [0.2, 0.25) is 0 Å². The third-order valence-corrected chi connectivity index (χ3v) is 2.15. The number of carbonyl (C=O) groups excluding carboxylic acids is 2. The van der Waals surface area contributed by atoms with E-state index >= 15 is 0 Å². The Bertz CT molecular complexity index is 500. The van der Waals surface area contributed by atoms with Crippen molar-refractivity contribution in [3.8, 4) is 0 Å². The molecule has 2 heterocycles. The average molecular weight is 306 g/mol. The number of rotatable bonds is 0. The van der Waals surface area contributed by atoms with Gasteiger partial charge in [-0.05, 0) is 37.1 Å². The minimum absolute atomic E-state index is 0.704. The molecule has 2 rings (SSSR count). The van der Waals surface area contributed by atoms with Gasteiger partial charge in [-0.1, -0.05) is 0 Å². The van der Waals surface area contributed by atoms with E-state index < -0.39 is 11.9 Å². The van der Waals surface area contributed by atoms with Crippen LogP contribution < -0.4 is 31.6 Å². The van der Waals surface area contributed by atoms with Crippen molar-refractivity contribution in [1.29, 1.82) is 0 Å². The normalized spacial score (nSPS) is 8.64. The third kappa shape index (κ3) is 9.73. The Labute approximate surface area is 127 Å². The van der Waals surface area contributed by atoms with Crippen LogP contribution in [0.3, 0.4) is 0 Å². The van der Waals surface area contributed by atoms with Crippen LogP contribution in [0.25, 0.3) is 0 Å². The van der Waals surface area contributed by atoms with E-state index in [1.54, 1.807) is 0 Å². The number of carboxylic acid groups (broad SMARTS) is 2. The zero-order valence-electron chi connectivity index (χ0n) is 12.3. The monoisotopic (exact) mass is 306 g/mol. The zero-order chi connectivity index (χ0) is 17.1. The minimum Gasteiger partial charge on any atom is -0.543 e. The lowest BCUT2D eigenvalue weighted by Gasteiger charge is -1.97. The number of nitrogen functional groups attached to an aromatic ring is 2. The van der Waals surface area contributed by atoms with Crippen LogP contribution in [0.4, 0.5) is 11.6 Å². The number of aromatic nitrogens is 2. The number of hydrogen-bond acceptors (Lipinski definition) is 6. The number of nitrogens with two attached hydrogens (primary N) is 2. The SMILES string of the molecule is Cc1ccc(N)[nH+]c1.Cc1ccc(N)[nH+]c1.O=C([O-])C(=O)[O-]. The number of carbonyl (C=O) groups is 2. The molecule has 2 aromatic rings. The molecule has 118 valence electrons. The lowest BCUT2D eigenvalue weighted by Crippen LogP contribution is -2.42. The van der Waals surface area contributed by atoms with Crippen LogP contribution in [-0.2, 0) is 9.59 Å². The van der Waals surface area contributed by atoms with Gasteiger partial charge in [0.2, 0.25) is 0 Å². The standard InChI is InChI=1S/2C6H8N2.C2H2O4/c2*1-5-2-3-6(7)8-4-5;3-1(4)2(5)6/h2*2-4H,1H3,(H2,7,8);(H,3,4)(H,5,6). The molecule has 0 saturated heterocycles. The van der Waals surface area contributed by atoms with Gasteiger partial charge in [0.05, 0.1) is 24.3 Å². The highest BCUT2D eigenvalue weighted by Gasteiger charge is 1.88. The predicted molar refractivity (Wildman–Crippen MR) is 74.3 cm³/mol. The Morgan fingerprint density at radius 2 is 1.14 bits per heavy atom. The van der Waals surface area contributed by atoms with Crippen LogP contribution in [0.1, 0.15) is 11.1 Å². The van der Waals surface area contributed by atoms with Gasteiger partial charge in [0.15, 0.2) is 0 Å². The lowest BCUT2D eigenvalue weighted by atomic mass is 10.3. The first-order chi connectivity index (χ1) is 10.2. The Kier molecular flexibility index (Phi) is 8.31. The van der Waals surface area contributed by atoms with E-state index in [2.05, 4.69) is 9.97 Å². The summed E-state index contributed by atoms with van der Waals surface area (Å²) in [6.45, 7) is 4.02. The molecule has 0 aromatic carbocycles. The molecule has 0 spiro atoms. The first kappa shape index (κ1) is 18.8. The minimum atomic E-state index is -2.19. The van der Waals surface area contributed by atoms with E-state index in [-0.39, 0.29) is 0 Å².